The molecule has 1 aromatic carbocycles. The normalized spacial score (nSPS) is 12.4. The number of anilines is 1. The van der Waals surface area contributed by atoms with Gasteiger partial charge < -0.3 is 15.0 Å². The molecule has 102 valence electrons. The fourth-order valence-corrected chi connectivity index (χ4v) is 2.17. The first-order valence-electron chi connectivity index (χ1n) is 6.75. The molecule has 1 atom stereocenters. The standard InChI is InChI=1S/C15H26N2O/c1-5-16-14(12-18-4)11-17(6-2)15-9-7-8-13(3)10-15/h7-10,14,16H,5-6,11-12H2,1-4H3. The van der Waals surface area contributed by atoms with Gasteiger partial charge in [-0.15, -0.1) is 0 Å². The number of methoxy groups -OCH3 is 1. The van der Waals surface area contributed by atoms with Gasteiger partial charge in [-0.05, 0) is 38.1 Å². The Kier molecular flexibility index (Phi) is 6.76. The Morgan fingerprint density at radius 2 is 2.11 bits per heavy atom. The molecule has 0 aliphatic heterocycles. The number of aryl methyl sites for hydroxylation is 1. The molecule has 0 saturated carbocycles. The summed E-state index contributed by atoms with van der Waals surface area (Å²) >= 11 is 0. The SMILES string of the molecule is CCNC(COC)CN(CC)c1cccc(C)c1. The fourth-order valence-electron chi connectivity index (χ4n) is 2.17. The largest absolute Gasteiger partial charge is 0.383 e. The Hall–Kier alpha value is -1.06. The van der Waals surface area contributed by atoms with Gasteiger partial charge in [0.15, 0.2) is 0 Å². The first kappa shape index (κ1) is 15.0. The zero-order chi connectivity index (χ0) is 13.4. The van der Waals surface area contributed by atoms with Crippen LogP contribution in [0.25, 0.3) is 0 Å². The second kappa shape index (κ2) is 8.11. The van der Waals surface area contributed by atoms with Gasteiger partial charge in [0.2, 0.25) is 0 Å². The van der Waals surface area contributed by atoms with Crippen LogP contribution in [0.1, 0.15) is 19.4 Å². The zero-order valence-corrected chi connectivity index (χ0v) is 12.1. The maximum absolute atomic E-state index is 5.27. The summed E-state index contributed by atoms with van der Waals surface area (Å²) in [6, 6.07) is 9.03. The van der Waals surface area contributed by atoms with E-state index in [9.17, 15) is 0 Å². The van der Waals surface area contributed by atoms with Crippen molar-refractivity contribution in [3.63, 3.8) is 0 Å². The predicted molar refractivity (Wildman–Crippen MR) is 78.4 cm³/mol. The van der Waals surface area contributed by atoms with Crippen LogP contribution in [0.15, 0.2) is 24.3 Å². The second-order valence-electron chi connectivity index (χ2n) is 4.59. The van der Waals surface area contributed by atoms with E-state index in [0.29, 0.717) is 6.04 Å². The summed E-state index contributed by atoms with van der Waals surface area (Å²) in [6.07, 6.45) is 0. The molecule has 3 nitrogen and oxygen atoms in total. The van der Waals surface area contributed by atoms with Gasteiger partial charge in [0.1, 0.15) is 0 Å². The monoisotopic (exact) mass is 250 g/mol. The van der Waals surface area contributed by atoms with E-state index in [1.54, 1.807) is 7.11 Å². The smallest absolute Gasteiger partial charge is 0.0633 e. The van der Waals surface area contributed by atoms with Crippen LogP contribution in [0.4, 0.5) is 5.69 Å². The summed E-state index contributed by atoms with van der Waals surface area (Å²) in [5.74, 6) is 0. The van der Waals surface area contributed by atoms with Gasteiger partial charge in [-0.3, -0.25) is 0 Å². The Bertz CT molecular complexity index is 335. The molecule has 1 aromatic rings. The summed E-state index contributed by atoms with van der Waals surface area (Å²) < 4.78 is 5.27. The number of likely N-dealkylation sites (N-methyl/N-ethyl adjacent to an activating group) is 2. The highest BCUT2D eigenvalue weighted by Crippen LogP contribution is 2.15. The Morgan fingerprint density at radius 3 is 2.67 bits per heavy atom. The van der Waals surface area contributed by atoms with E-state index in [-0.39, 0.29) is 0 Å². The lowest BCUT2D eigenvalue weighted by atomic mass is 10.2. The minimum absolute atomic E-state index is 0.375. The van der Waals surface area contributed by atoms with Gasteiger partial charge in [-0.1, -0.05) is 19.1 Å². The molecule has 1 unspecified atom stereocenters. The number of benzene rings is 1. The maximum atomic E-state index is 5.27. The van der Waals surface area contributed by atoms with E-state index in [4.69, 9.17) is 4.74 Å². The van der Waals surface area contributed by atoms with E-state index >= 15 is 0 Å². The summed E-state index contributed by atoms with van der Waals surface area (Å²) in [5, 5.41) is 3.47. The number of rotatable bonds is 8. The van der Waals surface area contributed by atoms with Crippen LogP contribution in [0.2, 0.25) is 0 Å². The molecule has 0 amide bonds. The topological polar surface area (TPSA) is 24.5 Å². The van der Waals surface area contributed by atoms with Crippen molar-refractivity contribution in [2.45, 2.75) is 26.8 Å². The second-order valence-corrected chi connectivity index (χ2v) is 4.59. The molecule has 1 N–H and O–H groups in total. The number of hydrogen-bond acceptors (Lipinski definition) is 3. The van der Waals surface area contributed by atoms with Gasteiger partial charge in [-0.2, -0.15) is 0 Å². The van der Waals surface area contributed by atoms with Crippen LogP contribution in [0.5, 0.6) is 0 Å². The van der Waals surface area contributed by atoms with Gasteiger partial charge in [0.05, 0.1) is 6.61 Å². The molecule has 0 saturated heterocycles. The van der Waals surface area contributed by atoms with Crippen molar-refractivity contribution in [2.24, 2.45) is 0 Å². The first-order chi connectivity index (χ1) is 8.71. The average Bonchev–Trinajstić information content (AvgIpc) is 2.36. The predicted octanol–water partition coefficient (Wildman–Crippen LogP) is 2.45. The van der Waals surface area contributed by atoms with E-state index in [0.717, 1.165) is 26.2 Å². The molecule has 3 heteroatoms. The van der Waals surface area contributed by atoms with Crippen LogP contribution < -0.4 is 10.2 Å². The quantitative estimate of drug-likeness (QED) is 0.767. The molecular weight excluding hydrogens is 224 g/mol. The summed E-state index contributed by atoms with van der Waals surface area (Å²) in [7, 11) is 1.76. The molecule has 0 aromatic heterocycles. The highest BCUT2D eigenvalue weighted by Gasteiger charge is 2.12. The zero-order valence-electron chi connectivity index (χ0n) is 12.1. The number of nitrogens with zero attached hydrogens (tertiary/aromatic N) is 1. The van der Waals surface area contributed by atoms with Crippen LogP contribution in [0.3, 0.4) is 0 Å². The van der Waals surface area contributed by atoms with Crippen molar-refractivity contribution >= 4 is 5.69 Å². The molecule has 0 bridgehead atoms. The third-order valence-electron chi connectivity index (χ3n) is 3.05. The highest BCUT2D eigenvalue weighted by atomic mass is 16.5. The molecular formula is C15H26N2O. The van der Waals surface area contributed by atoms with Crippen molar-refractivity contribution in [3.05, 3.63) is 29.8 Å². The Labute approximate surface area is 111 Å². The van der Waals surface area contributed by atoms with Crippen molar-refractivity contribution in [3.8, 4) is 0 Å². The Balaban J connectivity index is 2.70. The number of ether oxygens (including phenoxy) is 1. The lowest BCUT2D eigenvalue weighted by Crippen LogP contribution is -2.43. The van der Waals surface area contributed by atoms with Crippen LogP contribution in [0, 0.1) is 6.92 Å². The number of hydrogen-bond donors (Lipinski definition) is 1. The molecule has 1 rings (SSSR count). The van der Waals surface area contributed by atoms with Crippen molar-refractivity contribution in [1.82, 2.24) is 5.32 Å². The Morgan fingerprint density at radius 1 is 1.33 bits per heavy atom. The minimum atomic E-state index is 0.375. The third-order valence-corrected chi connectivity index (χ3v) is 3.05. The van der Waals surface area contributed by atoms with Crippen LogP contribution in [-0.4, -0.2) is 39.4 Å². The maximum Gasteiger partial charge on any atom is 0.0633 e. The lowest BCUT2D eigenvalue weighted by Gasteiger charge is -2.28. The molecule has 18 heavy (non-hydrogen) atoms. The van der Waals surface area contributed by atoms with E-state index < -0.39 is 0 Å². The summed E-state index contributed by atoms with van der Waals surface area (Å²) in [6.45, 7) is 10.2. The first-order valence-corrected chi connectivity index (χ1v) is 6.75. The van der Waals surface area contributed by atoms with E-state index in [2.05, 4.69) is 55.3 Å². The molecule has 0 fully saturated rings. The fraction of sp³-hybridized carbons (Fsp3) is 0.600. The summed E-state index contributed by atoms with van der Waals surface area (Å²) in [4.78, 5) is 2.39. The van der Waals surface area contributed by atoms with Crippen molar-refractivity contribution in [1.29, 1.82) is 0 Å². The lowest BCUT2D eigenvalue weighted by molar-refractivity contribution is 0.168. The van der Waals surface area contributed by atoms with Crippen molar-refractivity contribution < 1.29 is 4.74 Å². The van der Waals surface area contributed by atoms with Gasteiger partial charge in [-0.25, -0.2) is 0 Å². The van der Waals surface area contributed by atoms with Crippen LogP contribution >= 0.6 is 0 Å². The molecule has 0 aliphatic rings. The highest BCUT2D eigenvalue weighted by molar-refractivity contribution is 5.48. The average molecular weight is 250 g/mol. The molecule has 0 heterocycles. The van der Waals surface area contributed by atoms with Crippen molar-refractivity contribution in [2.75, 3.05) is 38.3 Å². The van der Waals surface area contributed by atoms with Crippen LogP contribution in [-0.2, 0) is 4.74 Å². The van der Waals surface area contributed by atoms with E-state index in [1.807, 2.05) is 0 Å². The van der Waals surface area contributed by atoms with E-state index in [1.165, 1.54) is 11.3 Å². The minimum Gasteiger partial charge on any atom is -0.383 e. The number of nitrogens with one attached hydrogen (secondary N) is 1. The van der Waals surface area contributed by atoms with Gasteiger partial charge >= 0.3 is 0 Å². The van der Waals surface area contributed by atoms with Gasteiger partial charge in [0.25, 0.3) is 0 Å². The van der Waals surface area contributed by atoms with Gasteiger partial charge in [0, 0.05) is 31.9 Å². The molecule has 0 radical (unpaired) electrons. The third kappa shape index (κ3) is 4.67. The molecule has 0 spiro atoms. The summed E-state index contributed by atoms with van der Waals surface area (Å²) in [5.41, 5.74) is 2.59. The molecule has 0 aliphatic carbocycles.